The molecule has 0 radical (unpaired) electrons. The van der Waals surface area contributed by atoms with E-state index in [-0.39, 0.29) is 0 Å². The fourth-order valence-corrected chi connectivity index (χ4v) is 2.94. The van der Waals surface area contributed by atoms with E-state index in [4.69, 9.17) is 19.2 Å². The van der Waals surface area contributed by atoms with Crippen LogP contribution in [0.25, 0.3) is 0 Å². The Morgan fingerprint density at radius 2 is 0.864 bits per heavy atom. The van der Waals surface area contributed by atoms with Gasteiger partial charge in [-0.15, -0.1) is 5.28 Å². The van der Waals surface area contributed by atoms with Crippen molar-refractivity contribution in [1.29, 1.82) is 0 Å². The standard InChI is InChI=1S/C16H33.Al.H3O4P.2H/c1-3-5-7-9-11-13-15-16-14-12-10-8-6-4-2;;1-5(2,3)4;;/h1,3-16H2,2H3;;(H3,1,2,3,4);;. The largest absolute Gasteiger partial charge is 0.466 e. The minimum atomic E-state index is -4.64. The molecule has 0 spiro atoms. The third kappa shape index (κ3) is 37.1. The third-order valence-corrected chi connectivity index (χ3v) is 4.41. The van der Waals surface area contributed by atoms with Crippen molar-refractivity contribution in [2.24, 2.45) is 0 Å². The Kier molecular flexibility index (Phi) is 22.3. The summed E-state index contributed by atoms with van der Waals surface area (Å²) in [5.41, 5.74) is 0. The van der Waals surface area contributed by atoms with E-state index in [1.54, 1.807) is 0 Å². The Hall–Kier alpha value is 0.642. The lowest BCUT2D eigenvalue weighted by Crippen LogP contribution is -1.83. The van der Waals surface area contributed by atoms with Gasteiger partial charge in [0.15, 0.2) is 0 Å². The maximum atomic E-state index is 8.88. The number of unbranched alkanes of at least 4 members (excludes halogenated alkanes) is 13. The summed E-state index contributed by atoms with van der Waals surface area (Å²) in [4.78, 5) is 21.6. The summed E-state index contributed by atoms with van der Waals surface area (Å²) >= 11 is 1.41. The van der Waals surface area contributed by atoms with Crippen LogP contribution in [-0.2, 0) is 4.57 Å². The van der Waals surface area contributed by atoms with E-state index in [9.17, 15) is 0 Å². The first-order valence-corrected chi connectivity index (χ1v) is 12.2. The molecule has 6 heteroatoms. The van der Waals surface area contributed by atoms with Crippen molar-refractivity contribution in [3.63, 3.8) is 0 Å². The Morgan fingerprint density at radius 3 is 1.09 bits per heavy atom. The molecule has 0 aliphatic carbocycles. The zero-order valence-electron chi connectivity index (χ0n) is 14.8. The van der Waals surface area contributed by atoms with Gasteiger partial charge in [-0.05, 0) is 0 Å². The van der Waals surface area contributed by atoms with Crippen LogP contribution in [0.3, 0.4) is 0 Å². The quantitative estimate of drug-likeness (QED) is 0.243. The van der Waals surface area contributed by atoms with E-state index in [1.807, 2.05) is 0 Å². The van der Waals surface area contributed by atoms with E-state index in [0.717, 1.165) is 0 Å². The van der Waals surface area contributed by atoms with Gasteiger partial charge in [0, 0.05) is 0 Å². The molecule has 0 saturated carbocycles. The molecule has 0 bridgehead atoms. The Morgan fingerprint density at radius 1 is 0.636 bits per heavy atom. The van der Waals surface area contributed by atoms with E-state index in [1.165, 1.54) is 111 Å². The van der Waals surface area contributed by atoms with Crippen molar-refractivity contribution >= 4 is 24.1 Å². The fraction of sp³-hybridized carbons (Fsp3) is 1.00. The molecule has 0 fully saturated rings. The van der Waals surface area contributed by atoms with Gasteiger partial charge in [-0.3, -0.25) is 0 Å². The van der Waals surface area contributed by atoms with Gasteiger partial charge in [0.2, 0.25) is 16.3 Å². The van der Waals surface area contributed by atoms with Crippen LogP contribution in [0.4, 0.5) is 0 Å². The maximum absolute atomic E-state index is 8.88. The van der Waals surface area contributed by atoms with E-state index in [2.05, 4.69) is 6.92 Å². The number of hydrogen-bond donors (Lipinski definition) is 3. The first-order chi connectivity index (χ1) is 10.4. The monoisotopic (exact) mass is 352 g/mol. The van der Waals surface area contributed by atoms with Crippen molar-refractivity contribution in [2.45, 2.75) is 102 Å². The number of phosphoric acid groups is 1. The topological polar surface area (TPSA) is 77.8 Å². The predicted octanol–water partition coefficient (Wildman–Crippen LogP) is 4.59. The summed E-state index contributed by atoms with van der Waals surface area (Å²) in [6, 6.07) is 0. The summed E-state index contributed by atoms with van der Waals surface area (Å²) in [6.07, 6.45) is 20.7. The van der Waals surface area contributed by atoms with Crippen LogP contribution >= 0.6 is 7.82 Å². The highest BCUT2D eigenvalue weighted by molar-refractivity contribution is 7.45. The molecule has 0 aromatic rings. The molecule has 0 aliphatic rings. The van der Waals surface area contributed by atoms with Crippen LogP contribution in [0.5, 0.6) is 0 Å². The van der Waals surface area contributed by atoms with Gasteiger partial charge in [0.1, 0.15) is 0 Å². The van der Waals surface area contributed by atoms with Crippen LogP contribution < -0.4 is 0 Å². The van der Waals surface area contributed by atoms with Gasteiger partial charge in [0.25, 0.3) is 0 Å². The molecule has 0 heterocycles. The molecule has 3 N–H and O–H groups in total. The first kappa shape index (κ1) is 24.9. The van der Waals surface area contributed by atoms with Gasteiger partial charge in [-0.2, -0.15) is 0 Å². The highest BCUT2D eigenvalue weighted by atomic mass is 31.2. The SMILES string of the molecule is CCCCCCCCCCCCCCC[CH2][AlH2].O=P(O)(O)O. The summed E-state index contributed by atoms with van der Waals surface area (Å²) in [6.45, 7) is 2.29. The molecule has 0 aromatic heterocycles. The molecule has 0 saturated heterocycles. The van der Waals surface area contributed by atoms with E-state index < -0.39 is 7.82 Å². The second kappa shape index (κ2) is 19.7. The highest BCUT2D eigenvalue weighted by Crippen LogP contribution is 2.25. The minimum Gasteiger partial charge on any atom is -0.303 e. The predicted molar refractivity (Wildman–Crippen MR) is 97.9 cm³/mol. The lowest BCUT2D eigenvalue weighted by Gasteiger charge is -2.02. The maximum Gasteiger partial charge on any atom is 0.466 e. The van der Waals surface area contributed by atoms with Crippen molar-refractivity contribution in [3.05, 3.63) is 0 Å². The molecule has 0 atom stereocenters. The molecule has 0 amide bonds. The molecule has 0 unspecified atom stereocenters. The first-order valence-electron chi connectivity index (χ1n) is 9.20. The van der Waals surface area contributed by atoms with Gasteiger partial charge < -0.3 is 14.7 Å². The molecule has 4 nitrogen and oxygen atoms in total. The molecule has 0 rings (SSSR count). The smallest absolute Gasteiger partial charge is 0.303 e. The van der Waals surface area contributed by atoms with Crippen LogP contribution in [0.2, 0.25) is 5.28 Å². The Labute approximate surface area is 145 Å². The summed E-state index contributed by atoms with van der Waals surface area (Å²) < 4.78 is 8.88. The van der Waals surface area contributed by atoms with Crippen molar-refractivity contribution < 1.29 is 19.2 Å². The normalized spacial score (nSPS) is 11.1. The van der Waals surface area contributed by atoms with Gasteiger partial charge >= 0.3 is 7.82 Å². The van der Waals surface area contributed by atoms with Crippen LogP contribution in [-0.4, -0.2) is 31.0 Å². The minimum absolute atomic E-state index is 1.38. The lowest BCUT2D eigenvalue weighted by atomic mass is 10.0. The molecular weight excluding hydrogens is 314 g/mol. The van der Waals surface area contributed by atoms with Crippen molar-refractivity contribution in [2.75, 3.05) is 0 Å². The Bertz CT molecular complexity index is 224. The summed E-state index contributed by atoms with van der Waals surface area (Å²) in [5.74, 6) is 0. The van der Waals surface area contributed by atoms with Gasteiger partial charge in [0.05, 0.1) is 0 Å². The average molecular weight is 352 g/mol. The van der Waals surface area contributed by atoms with Crippen LogP contribution in [0, 0.1) is 0 Å². The zero-order valence-corrected chi connectivity index (χ0v) is 17.7. The van der Waals surface area contributed by atoms with Gasteiger partial charge in [-0.1, -0.05) is 96.8 Å². The summed E-state index contributed by atoms with van der Waals surface area (Å²) in [7, 11) is -4.64. The third-order valence-electron chi connectivity index (χ3n) is 3.71. The van der Waals surface area contributed by atoms with Crippen LogP contribution in [0.15, 0.2) is 0 Å². The molecule has 22 heavy (non-hydrogen) atoms. The molecule has 0 aliphatic heterocycles. The molecule has 0 aromatic carbocycles. The summed E-state index contributed by atoms with van der Waals surface area (Å²) in [5, 5.41) is 1.51. The second-order valence-corrected chi connectivity index (χ2v) is 8.14. The average Bonchev–Trinajstić information content (AvgIpc) is 2.42. The molecule has 134 valence electrons. The second-order valence-electron chi connectivity index (χ2n) is 6.11. The van der Waals surface area contributed by atoms with E-state index >= 15 is 0 Å². The molecular formula is C16H38AlO4P. The van der Waals surface area contributed by atoms with Crippen LogP contribution in [0.1, 0.15) is 96.8 Å². The number of hydrogen-bond acceptors (Lipinski definition) is 1. The highest BCUT2D eigenvalue weighted by Gasteiger charge is 2.00. The van der Waals surface area contributed by atoms with E-state index in [0.29, 0.717) is 0 Å². The van der Waals surface area contributed by atoms with Crippen molar-refractivity contribution in [1.82, 2.24) is 0 Å². The van der Waals surface area contributed by atoms with Crippen molar-refractivity contribution in [3.8, 4) is 0 Å². The zero-order chi connectivity index (χ0) is 17.1. The number of rotatable bonds is 14. The fourth-order valence-electron chi connectivity index (χ4n) is 2.44. The lowest BCUT2D eigenvalue weighted by molar-refractivity contribution is 0.275. The Balaban J connectivity index is 0. The van der Waals surface area contributed by atoms with Gasteiger partial charge in [-0.25, -0.2) is 4.57 Å².